The molecular formula is C10H20N2. The summed E-state index contributed by atoms with van der Waals surface area (Å²) >= 11 is 0. The van der Waals surface area contributed by atoms with E-state index in [9.17, 15) is 0 Å². The molecule has 12 heavy (non-hydrogen) atoms. The van der Waals surface area contributed by atoms with Gasteiger partial charge in [0.1, 0.15) is 0 Å². The molecule has 1 atom stereocenters. The number of nitrogens with one attached hydrogen (secondary N) is 2. The average Bonchev–Trinajstić information content (AvgIpc) is 2.06. The Morgan fingerprint density at radius 3 is 3.00 bits per heavy atom. The van der Waals surface area contributed by atoms with E-state index in [0.717, 1.165) is 13.0 Å². The maximum absolute atomic E-state index is 4.04. The van der Waals surface area contributed by atoms with Crippen LogP contribution in [-0.2, 0) is 0 Å². The Bertz CT molecular complexity index is 137. The standard InChI is InChI=1S/C10H20N2/c1-9(8-11-2)7-10-5-3-4-6-12-10/h10-12H,1,3-8H2,2H3. The molecule has 2 N–H and O–H groups in total. The molecule has 0 radical (unpaired) electrons. The second kappa shape index (κ2) is 5.33. The minimum Gasteiger partial charge on any atom is -0.316 e. The van der Waals surface area contributed by atoms with Crippen LogP contribution in [0.3, 0.4) is 0 Å². The first-order valence-corrected chi connectivity index (χ1v) is 4.87. The van der Waals surface area contributed by atoms with Crippen molar-refractivity contribution >= 4 is 0 Å². The molecular weight excluding hydrogens is 148 g/mol. The highest BCUT2D eigenvalue weighted by atomic mass is 14.9. The summed E-state index contributed by atoms with van der Waals surface area (Å²) in [5.41, 5.74) is 1.32. The van der Waals surface area contributed by atoms with E-state index < -0.39 is 0 Å². The Labute approximate surface area is 75.4 Å². The summed E-state index contributed by atoms with van der Waals surface area (Å²) in [5, 5.41) is 6.65. The summed E-state index contributed by atoms with van der Waals surface area (Å²) in [7, 11) is 1.97. The van der Waals surface area contributed by atoms with Gasteiger partial charge in [0.25, 0.3) is 0 Å². The van der Waals surface area contributed by atoms with Crippen molar-refractivity contribution in [2.45, 2.75) is 31.7 Å². The fourth-order valence-electron chi connectivity index (χ4n) is 1.77. The fraction of sp³-hybridized carbons (Fsp3) is 0.800. The molecule has 0 aliphatic carbocycles. The summed E-state index contributed by atoms with van der Waals surface area (Å²) in [6, 6.07) is 0.694. The number of hydrogen-bond acceptors (Lipinski definition) is 2. The Morgan fingerprint density at radius 1 is 1.58 bits per heavy atom. The van der Waals surface area contributed by atoms with Crippen molar-refractivity contribution in [2.24, 2.45) is 0 Å². The second-order valence-electron chi connectivity index (χ2n) is 3.63. The first-order chi connectivity index (χ1) is 5.83. The predicted molar refractivity (Wildman–Crippen MR) is 53.3 cm³/mol. The van der Waals surface area contributed by atoms with Gasteiger partial charge in [0, 0.05) is 12.6 Å². The number of rotatable bonds is 4. The lowest BCUT2D eigenvalue weighted by atomic mass is 9.98. The van der Waals surface area contributed by atoms with Crippen LogP contribution < -0.4 is 10.6 Å². The molecule has 1 aliphatic rings. The van der Waals surface area contributed by atoms with Crippen LogP contribution in [0.4, 0.5) is 0 Å². The van der Waals surface area contributed by atoms with Crippen LogP contribution in [-0.4, -0.2) is 26.2 Å². The van der Waals surface area contributed by atoms with Crippen molar-refractivity contribution in [2.75, 3.05) is 20.1 Å². The van der Waals surface area contributed by atoms with E-state index in [0.29, 0.717) is 6.04 Å². The Kier molecular flexibility index (Phi) is 4.33. The third-order valence-electron chi connectivity index (χ3n) is 2.37. The highest BCUT2D eigenvalue weighted by Gasteiger charge is 2.12. The van der Waals surface area contributed by atoms with Gasteiger partial charge in [0.2, 0.25) is 0 Å². The molecule has 1 fully saturated rings. The maximum atomic E-state index is 4.04. The highest BCUT2D eigenvalue weighted by molar-refractivity contribution is 5.00. The van der Waals surface area contributed by atoms with E-state index in [1.165, 1.54) is 31.4 Å². The lowest BCUT2D eigenvalue weighted by molar-refractivity contribution is 0.397. The van der Waals surface area contributed by atoms with Gasteiger partial charge < -0.3 is 10.6 Å². The van der Waals surface area contributed by atoms with E-state index >= 15 is 0 Å². The molecule has 0 aromatic heterocycles. The first-order valence-electron chi connectivity index (χ1n) is 4.87. The monoisotopic (exact) mass is 168 g/mol. The van der Waals surface area contributed by atoms with E-state index in [4.69, 9.17) is 0 Å². The molecule has 2 heteroatoms. The third kappa shape index (κ3) is 3.37. The fourth-order valence-corrected chi connectivity index (χ4v) is 1.77. The van der Waals surface area contributed by atoms with Crippen molar-refractivity contribution in [3.8, 4) is 0 Å². The van der Waals surface area contributed by atoms with Crippen LogP contribution in [0.15, 0.2) is 12.2 Å². The van der Waals surface area contributed by atoms with Gasteiger partial charge >= 0.3 is 0 Å². The molecule has 0 amide bonds. The summed E-state index contributed by atoms with van der Waals surface area (Å²) < 4.78 is 0. The minimum atomic E-state index is 0.694. The van der Waals surface area contributed by atoms with E-state index in [1.807, 2.05) is 7.05 Å². The second-order valence-corrected chi connectivity index (χ2v) is 3.63. The highest BCUT2D eigenvalue weighted by Crippen LogP contribution is 2.13. The lowest BCUT2D eigenvalue weighted by Crippen LogP contribution is -2.34. The van der Waals surface area contributed by atoms with E-state index in [2.05, 4.69) is 17.2 Å². The normalized spacial score (nSPS) is 23.9. The summed E-state index contributed by atoms with van der Waals surface area (Å²) in [4.78, 5) is 0. The zero-order valence-electron chi connectivity index (χ0n) is 8.03. The van der Waals surface area contributed by atoms with Crippen LogP contribution in [0.2, 0.25) is 0 Å². The molecule has 70 valence electrons. The lowest BCUT2D eigenvalue weighted by Gasteiger charge is -2.24. The molecule has 0 spiro atoms. The quantitative estimate of drug-likeness (QED) is 0.618. The SMILES string of the molecule is C=C(CNC)CC1CCCCN1. The molecule has 1 rings (SSSR count). The molecule has 2 nitrogen and oxygen atoms in total. The van der Waals surface area contributed by atoms with Crippen LogP contribution >= 0.6 is 0 Å². The van der Waals surface area contributed by atoms with Gasteiger partial charge in [-0.2, -0.15) is 0 Å². The molecule has 1 unspecified atom stereocenters. The van der Waals surface area contributed by atoms with Crippen molar-refractivity contribution in [1.29, 1.82) is 0 Å². The molecule has 1 heterocycles. The van der Waals surface area contributed by atoms with Crippen molar-refractivity contribution in [3.05, 3.63) is 12.2 Å². The molecule has 0 bridgehead atoms. The van der Waals surface area contributed by atoms with Crippen LogP contribution in [0.5, 0.6) is 0 Å². The van der Waals surface area contributed by atoms with Crippen LogP contribution in [0.1, 0.15) is 25.7 Å². The Hall–Kier alpha value is -0.340. The smallest absolute Gasteiger partial charge is 0.0159 e. The molecule has 1 saturated heterocycles. The van der Waals surface area contributed by atoms with Gasteiger partial charge in [0.15, 0.2) is 0 Å². The van der Waals surface area contributed by atoms with Crippen molar-refractivity contribution in [3.63, 3.8) is 0 Å². The van der Waals surface area contributed by atoms with Gasteiger partial charge in [-0.25, -0.2) is 0 Å². The van der Waals surface area contributed by atoms with Crippen molar-refractivity contribution < 1.29 is 0 Å². The number of piperidine rings is 1. The maximum Gasteiger partial charge on any atom is 0.0159 e. The predicted octanol–water partition coefficient (Wildman–Crippen LogP) is 1.29. The minimum absolute atomic E-state index is 0.694. The summed E-state index contributed by atoms with van der Waals surface area (Å²) in [5.74, 6) is 0. The zero-order valence-corrected chi connectivity index (χ0v) is 8.03. The molecule has 0 saturated carbocycles. The number of likely N-dealkylation sites (N-methyl/N-ethyl adjacent to an activating group) is 1. The van der Waals surface area contributed by atoms with Crippen molar-refractivity contribution in [1.82, 2.24) is 10.6 Å². The zero-order chi connectivity index (χ0) is 8.81. The molecule has 1 aliphatic heterocycles. The van der Waals surface area contributed by atoms with Crippen LogP contribution in [0.25, 0.3) is 0 Å². The van der Waals surface area contributed by atoms with E-state index in [-0.39, 0.29) is 0 Å². The molecule has 0 aromatic rings. The van der Waals surface area contributed by atoms with E-state index in [1.54, 1.807) is 0 Å². The van der Waals surface area contributed by atoms with Gasteiger partial charge in [0.05, 0.1) is 0 Å². The third-order valence-corrected chi connectivity index (χ3v) is 2.37. The molecule has 0 aromatic carbocycles. The van der Waals surface area contributed by atoms with Gasteiger partial charge in [-0.1, -0.05) is 18.6 Å². The Balaban J connectivity index is 2.15. The van der Waals surface area contributed by atoms with Gasteiger partial charge in [-0.15, -0.1) is 0 Å². The average molecular weight is 168 g/mol. The Morgan fingerprint density at radius 2 is 2.42 bits per heavy atom. The summed E-state index contributed by atoms with van der Waals surface area (Å²) in [6.45, 7) is 6.18. The van der Waals surface area contributed by atoms with Gasteiger partial charge in [-0.3, -0.25) is 0 Å². The van der Waals surface area contributed by atoms with Gasteiger partial charge in [-0.05, 0) is 32.9 Å². The summed E-state index contributed by atoms with van der Waals surface area (Å²) in [6.07, 6.45) is 5.18. The first kappa shape index (κ1) is 9.75. The number of hydrogen-bond donors (Lipinski definition) is 2. The largest absolute Gasteiger partial charge is 0.316 e. The topological polar surface area (TPSA) is 24.1 Å². The van der Waals surface area contributed by atoms with Crippen LogP contribution in [0, 0.1) is 0 Å².